The summed E-state index contributed by atoms with van der Waals surface area (Å²) in [5, 5.41) is 2.91. The molecule has 0 bridgehead atoms. The van der Waals surface area contributed by atoms with E-state index >= 15 is 0 Å². The molecule has 4 nitrogen and oxygen atoms in total. The minimum Gasteiger partial charge on any atom is -0.465 e. The number of aryl methyl sites for hydroxylation is 1. The van der Waals surface area contributed by atoms with Crippen LogP contribution in [0.2, 0.25) is 0 Å². The summed E-state index contributed by atoms with van der Waals surface area (Å²) in [4.78, 5) is 14.2. The number of furan rings is 1. The Balaban J connectivity index is 1.93. The Labute approximate surface area is 133 Å². The number of carbonyl (C=O) groups excluding carboxylic acids is 1. The van der Waals surface area contributed by atoms with Crippen LogP contribution in [0.4, 0.5) is 5.69 Å². The zero-order valence-corrected chi connectivity index (χ0v) is 14.0. The second-order valence-electron chi connectivity index (χ2n) is 5.10. The van der Waals surface area contributed by atoms with Crippen LogP contribution in [-0.4, -0.2) is 23.9 Å². The van der Waals surface area contributed by atoms with Gasteiger partial charge in [0.15, 0.2) is 0 Å². The van der Waals surface area contributed by atoms with E-state index in [1.54, 1.807) is 0 Å². The lowest BCUT2D eigenvalue weighted by atomic mass is 10.2. The maximum absolute atomic E-state index is 12.2. The van der Waals surface area contributed by atoms with Gasteiger partial charge in [0.05, 0.1) is 12.6 Å². The van der Waals surface area contributed by atoms with Gasteiger partial charge in [-0.25, -0.2) is 0 Å². The zero-order valence-electron chi connectivity index (χ0n) is 12.4. The quantitative estimate of drug-likeness (QED) is 0.891. The van der Waals surface area contributed by atoms with E-state index in [4.69, 9.17) is 4.42 Å². The fourth-order valence-electron chi connectivity index (χ4n) is 1.93. The summed E-state index contributed by atoms with van der Waals surface area (Å²) in [6, 6.07) is 11.1. The van der Waals surface area contributed by atoms with Gasteiger partial charge in [-0.1, -0.05) is 15.9 Å². The number of halogens is 1. The zero-order chi connectivity index (χ0) is 15.4. The van der Waals surface area contributed by atoms with Gasteiger partial charge in [-0.15, -0.1) is 0 Å². The highest BCUT2D eigenvalue weighted by Gasteiger charge is 2.19. The molecule has 2 rings (SSSR count). The number of amides is 1. The van der Waals surface area contributed by atoms with Gasteiger partial charge in [-0.05, 0) is 57.3 Å². The first-order valence-corrected chi connectivity index (χ1v) is 7.57. The van der Waals surface area contributed by atoms with Crippen molar-refractivity contribution >= 4 is 27.5 Å². The molecule has 0 fully saturated rings. The third-order valence-electron chi connectivity index (χ3n) is 3.35. The molecule has 0 unspecified atom stereocenters. The van der Waals surface area contributed by atoms with Crippen molar-refractivity contribution in [2.45, 2.75) is 26.4 Å². The van der Waals surface area contributed by atoms with E-state index < -0.39 is 0 Å². The van der Waals surface area contributed by atoms with Gasteiger partial charge >= 0.3 is 0 Å². The van der Waals surface area contributed by atoms with E-state index in [1.165, 1.54) is 0 Å². The molecule has 1 amide bonds. The molecule has 0 saturated carbocycles. The Morgan fingerprint density at radius 3 is 2.52 bits per heavy atom. The standard InChI is InChI=1S/C16H19BrN2O2/c1-11-4-9-15(21-11)10-19(3)12(2)16(20)18-14-7-5-13(17)6-8-14/h4-9,12H,10H2,1-3H3,(H,18,20)/t12-/m1/s1. The first kappa shape index (κ1) is 15.8. The molecule has 21 heavy (non-hydrogen) atoms. The number of benzene rings is 1. The number of hydrogen-bond donors (Lipinski definition) is 1. The lowest BCUT2D eigenvalue weighted by Crippen LogP contribution is -2.39. The minimum absolute atomic E-state index is 0.0388. The molecule has 0 saturated heterocycles. The molecule has 0 aliphatic heterocycles. The highest BCUT2D eigenvalue weighted by atomic mass is 79.9. The third-order valence-corrected chi connectivity index (χ3v) is 3.88. The van der Waals surface area contributed by atoms with Crippen LogP contribution in [0.25, 0.3) is 0 Å². The Bertz CT molecular complexity index is 607. The van der Waals surface area contributed by atoms with Gasteiger partial charge < -0.3 is 9.73 Å². The Kier molecular flexibility index (Phi) is 5.20. The van der Waals surface area contributed by atoms with E-state index in [-0.39, 0.29) is 11.9 Å². The number of carbonyl (C=O) groups is 1. The molecular weight excluding hydrogens is 332 g/mol. The van der Waals surface area contributed by atoms with Crippen molar-refractivity contribution in [2.24, 2.45) is 0 Å². The summed E-state index contributed by atoms with van der Waals surface area (Å²) >= 11 is 3.37. The van der Waals surface area contributed by atoms with Gasteiger partial charge in [0, 0.05) is 10.2 Å². The Morgan fingerprint density at radius 2 is 1.95 bits per heavy atom. The van der Waals surface area contributed by atoms with Crippen molar-refractivity contribution in [3.63, 3.8) is 0 Å². The molecule has 0 spiro atoms. The van der Waals surface area contributed by atoms with Crippen LogP contribution < -0.4 is 5.32 Å². The normalized spacial score (nSPS) is 12.4. The lowest BCUT2D eigenvalue weighted by molar-refractivity contribution is -0.120. The molecule has 0 aliphatic rings. The predicted octanol–water partition coefficient (Wildman–Crippen LogP) is 3.81. The highest BCUT2D eigenvalue weighted by Crippen LogP contribution is 2.15. The molecular formula is C16H19BrN2O2. The largest absolute Gasteiger partial charge is 0.465 e. The first-order valence-electron chi connectivity index (χ1n) is 6.77. The van der Waals surface area contributed by atoms with Crippen LogP contribution in [0.5, 0.6) is 0 Å². The number of nitrogens with one attached hydrogen (secondary N) is 1. The Hall–Kier alpha value is -1.59. The van der Waals surface area contributed by atoms with E-state index in [9.17, 15) is 4.79 Å². The van der Waals surface area contributed by atoms with E-state index in [2.05, 4.69) is 21.2 Å². The second-order valence-corrected chi connectivity index (χ2v) is 6.02. The van der Waals surface area contributed by atoms with Crippen molar-refractivity contribution in [1.82, 2.24) is 4.90 Å². The van der Waals surface area contributed by atoms with E-state index in [0.29, 0.717) is 6.54 Å². The average molecular weight is 351 g/mol. The molecule has 112 valence electrons. The molecule has 0 aliphatic carbocycles. The summed E-state index contributed by atoms with van der Waals surface area (Å²) in [7, 11) is 1.91. The third kappa shape index (κ3) is 4.44. The molecule has 5 heteroatoms. The second kappa shape index (κ2) is 6.91. The molecule has 2 aromatic rings. The van der Waals surface area contributed by atoms with E-state index in [0.717, 1.165) is 21.7 Å². The van der Waals surface area contributed by atoms with Crippen LogP contribution in [0.3, 0.4) is 0 Å². The maximum Gasteiger partial charge on any atom is 0.241 e. The van der Waals surface area contributed by atoms with Crippen molar-refractivity contribution in [3.8, 4) is 0 Å². The summed E-state index contributed by atoms with van der Waals surface area (Å²) in [5.74, 6) is 1.70. The van der Waals surface area contributed by atoms with Crippen molar-refractivity contribution in [2.75, 3.05) is 12.4 Å². The van der Waals surface area contributed by atoms with Gasteiger partial charge in [0.25, 0.3) is 0 Å². The summed E-state index contributed by atoms with van der Waals surface area (Å²) in [5.41, 5.74) is 0.789. The Morgan fingerprint density at radius 1 is 1.29 bits per heavy atom. The van der Waals surface area contributed by atoms with E-state index in [1.807, 2.05) is 62.2 Å². The number of anilines is 1. The van der Waals surface area contributed by atoms with Crippen LogP contribution in [0, 0.1) is 6.92 Å². The molecule has 1 heterocycles. The fraction of sp³-hybridized carbons (Fsp3) is 0.312. The molecule has 1 N–H and O–H groups in total. The van der Waals surface area contributed by atoms with Gasteiger partial charge in [-0.2, -0.15) is 0 Å². The SMILES string of the molecule is Cc1ccc(CN(C)[C@H](C)C(=O)Nc2ccc(Br)cc2)o1. The molecule has 0 radical (unpaired) electrons. The van der Waals surface area contributed by atoms with Crippen molar-refractivity contribution in [3.05, 3.63) is 52.4 Å². The number of likely N-dealkylation sites (N-methyl/N-ethyl adjacent to an activating group) is 1. The van der Waals surface area contributed by atoms with Crippen LogP contribution in [0.1, 0.15) is 18.4 Å². The molecule has 1 aromatic heterocycles. The first-order chi connectivity index (χ1) is 9.95. The summed E-state index contributed by atoms with van der Waals surface area (Å²) < 4.78 is 6.52. The number of rotatable bonds is 5. The lowest BCUT2D eigenvalue weighted by Gasteiger charge is -2.22. The van der Waals surface area contributed by atoms with Gasteiger partial charge in [0.1, 0.15) is 11.5 Å². The highest BCUT2D eigenvalue weighted by molar-refractivity contribution is 9.10. The predicted molar refractivity (Wildman–Crippen MR) is 87.1 cm³/mol. The maximum atomic E-state index is 12.2. The summed E-state index contributed by atoms with van der Waals surface area (Å²) in [6.45, 7) is 4.39. The van der Waals surface area contributed by atoms with Crippen molar-refractivity contribution in [1.29, 1.82) is 0 Å². The number of hydrogen-bond acceptors (Lipinski definition) is 3. The van der Waals surface area contributed by atoms with Crippen LogP contribution in [0.15, 0.2) is 45.3 Å². The van der Waals surface area contributed by atoms with Crippen molar-refractivity contribution < 1.29 is 9.21 Å². The van der Waals surface area contributed by atoms with Crippen LogP contribution in [-0.2, 0) is 11.3 Å². The summed E-state index contributed by atoms with van der Waals surface area (Å²) in [6.07, 6.45) is 0. The fourth-order valence-corrected chi connectivity index (χ4v) is 2.20. The number of nitrogens with zero attached hydrogens (tertiary/aromatic N) is 1. The van der Waals surface area contributed by atoms with Crippen LogP contribution >= 0.6 is 15.9 Å². The molecule has 1 aromatic carbocycles. The van der Waals surface area contributed by atoms with Gasteiger partial charge in [-0.3, -0.25) is 9.69 Å². The van der Waals surface area contributed by atoms with Gasteiger partial charge in [0.2, 0.25) is 5.91 Å². The topological polar surface area (TPSA) is 45.5 Å². The monoisotopic (exact) mass is 350 g/mol. The minimum atomic E-state index is -0.251. The smallest absolute Gasteiger partial charge is 0.241 e. The molecule has 1 atom stereocenters. The average Bonchev–Trinajstić information content (AvgIpc) is 2.85.